The molecular weight excluding hydrogens is 298 g/mol. The predicted molar refractivity (Wildman–Crippen MR) is 70.1 cm³/mol. The predicted octanol–water partition coefficient (Wildman–Crippen LogP) is 2.93. The highest BCUT2D eigenvalue weighted by Gasteiger charge is 2.39. The van der Waals surface area contributed by atoms with Crippen LogP contribution in [0.4, 0.5) is 4.79 Å². The van der Waals surface area contributed by atoms with Crippen molar-refractivity contribution >= 4 is 22.0 Å². The van der Waals surface area contributed by atoms with Gasteiger partial charge < -0.3 is 14.7 Å². The topological polar surface area (TPSA) is 49.8 Å². The van der Waals surface area contributed by atoms with Gasteiger partial charge in [-0.2, -0.15) is 0 Å². The van der Waals surface area contributed by atoms with E-state index in [1.807, 2.05) is 12.1 Å². The zero-order chi connectivity index (χ0) is 12.7. The first-order valence-electron chi connectivity index (χ1n) is 6.06. The van der Waals surface area contributed by atoms with Crippen LogP contribution in [-0.2, 0) is 0 Å². The molecular formula is C13H14BrNO3. The molecule has 2 heterocycles. The Labute approximate surface area is 114 Å². The minimum atomic E-state index is -0.819. The Hall–Kier alpha value is -1.23. The number of rotatable bonds is 0. The molecule has 1 aromatic rings. The van der Waals surface area contributed by atoms with E-state index in [9.17, 15) is 4.79 Å². The molecule has 5 heteroatoms. The van der Waals surface area contributed by atoms with Crippen LogP contribution in [-0.4, -0.2) is 35.8 Å². The lowest BCUT2D eigenvalue weighted by Crippen LogP contribution is -2.27. The summed E-state index contributed by atoms with van der Waals surface area (Å²) in [4.78, 5) is 12.6. The second-order valence-corrected chi connectivity index (χ2v) is 5.70. The summed E-state index contributed by atoms with van der Waals surface area (Å²) in [5.74, 6) is 1.52. The smallest absolute Gasteiger partial charge is 0.407 e. The summed E-state index contributed by atoms with van der Waals surface area (Å²) in [5, 5.41) is 9.12. The highest BCUT2D eigenvalue weighted by Crippen LogP contribution is 2.44. The number of ether oxygens (including phenoxy) is 1. The van der Waals surface area contributed by atoms with Crippen LogP contribution in [0.5, 0.6) is 5.75 Å². The van der Waals surface area contributed by atoms with Crippen molar-refractivity contribution in [2.24, 2.45) is 5.92 Å². The van der Waals surface area contributed by atoms with Crippen LogP contribution in [0.25, 0.3) is 0 Å². The molecule has 1 aromatic carbocycles. The van der Waals surface area contributed by atoms with E-state index in [1.54, 1.807) is 0 Å². The van der Waals surface area contributed by atoms with Crippen molar-refractivity contribution in [2.75, 3.05) is 19.7 Å². The SMILES string of the molecule is O=C(O)N1C[C@@H]2CCOc3c(Br)cccc3[C@@H]2C1. The van der Waals surface area contributed by atoms with E-state index >= 15 is 0 Å². The Morgan fingerprint density at radius 2 is 2.28 bits per heavy atom. The molecule has 0 spiro atoms. The second kappa shape index (κ2) is 4.46. The van der Waals surface area contributed by atoms with E-state index in [4.69, 9.17) is 9.84 Å². The van der Waals surface area contributed by atoms with Gasteiger partial charge in [-0.05, 0) is 34.3 Å². The largest absolute Gasteiger partial charge is 0.492 e. The molecule has 2 atom stereocenters. The van der Waals surface area contributed by atoms with Gasteiger partial charge in [-0.25, -0.2) is 4.79 Å². The average Bonchev–Trinajstić information content (AvgIpc) is 2.68. The van der Waals surface area contributed by atoms with Gasteiger partial charge in [0.05, 0.1) is 11.1 Å². The number of nitrogens with zero attached hydrogens (tertiary/aromatic N) is 1. The van der Waals surface area contributed by atoms with Gasteiger partial charge in [0.1, 0.15) is 5.75 Å². The zero-order valence-corrected chi connectivity index (χ0v) is 11.4. The maximum atomic E-state index is 11.1. The minimum absolute atomic E-state index is 0.260. The summed E-state index contributed by atoms with van der Waals surface area (Å²) >= 11 is 3.50. The quantitative estimate of drug-likeness (QED) is 0.801. The zero-order valence-electron chi connectivity index (χ0n) is 9.80. The van der Waals surface area contributed by atoms with Crippen molar-refractivity contribution in [3.05, 3.63) is 28.2 Å². The van der Waals surface area contributed by atoms with Crippen LogP contribution < -0.4 is 4.74 Å². The van der Waals surface area contributed by atoms with Crippen LogP contribution in [0.15, 0.2) is 22.7 Å². The van der Waals surface area contributed by atoms with E-state index in [-0.39, 0.29) is 5.92 Å². The first-order valence-corrected chi connectivity index (χ1v) is 6.85. The molecule has 4 nitrogen and oxygen atoms in total. The molecule has 2 aliphatic rings. The molecule has 1 saturated heterocycles. The maximum Gasteiger partial charge on any atom is 0.407 e. The van der Waals surface area contributed by atoms with Gasteiger partial charge in [0.2, 0.25) is 0 Å². The lowest BCUT2D eigenvalue weighted by Gasteiger charge is -2.16. The van der Waals surface area contributed by atoms with Crippen molar-refractivity contribution in [2.45, 2.75) is 12.3 Å². The summed E-state index contributed by atoms with van der Waals surface area (Å²) < 4.78 is 6.75. The third-order valence-electron chi connectivity index (χ3n) is 3.84. The number of halogens is 1. The standard InChI is InChI=1S/C13H14BrNO3/c14-11-3-1-2-9-10-7-15(13(16)17)6-8(10)4-5-18-12(9)11/h1-3,8,10H,4-7H2,(H,16,17)/t8-,10+/m0/s1. The van der Waals surface area contributed by atoms with Crippen molar-refractivity contribution < 1.29 is 14.6 Å². The molecule has 3 rings (SSSR count). The molecule has 1 fully saturated rings. The van der Waals surface area contributed by atoms with E-state index in [0.29, 0.717) is 25.6 Å². The maximum absolute atomic E-state index is 11.1. The number of hydrogen-bond donors (Lipinski definition) is 1. The van der Waals surface area contributed by atoms with Gasteiger partial charge in [-0.1, -0.05) is 12.1 Å². The Morgan fingerprint density at radius 1 is 1.44 bits per heavy atom. The molecule has 0 unspecified atom stereocenters. The highest BCUT2D eigenvalue weighted by molar-refractivity contribution is 9.10. The monoisotopic (exact) mass is 311 g/mol. The molecule has 0 radical (unpaired) electrons. The number of hydrogen-bond acceptors (Lipinski definition) is 2. The normalized spacial score (nSPS) is 25.9. The lowest BCUT2D eigenvalue weighted by atomic mass is 9.87. The Kier molecular flexibility index (Phi) is 2.93. The molecule has 1 N–H and O–H groups in total. The van der Waals surface area contributed by atoms with E-state index in [0.717, 1.165) is 22.2 Å². The van der Waals surface area contributed by atoms with Crippen LogP contribution in [0.2, 0.25) is 0 Å². The van der Waals surface area contributed by atoms with Gasteiger partial charge in [0.25, 0.3) is 0 Å². The molecule has 0 saturated carbocycles. The summed E-state index contributed by atoms with van der Waals surface area (Å²) in [6.07, 6.45) is 0.0933. The summed E-state index contributed by atoms with van der Waals surface area (Å²) in [5.41, 5.74) is 1.13. The Morgan fingerprint density at radius 3 is 3.06 bits per heavy atom. The average molecular weight is 312 g/mol. The molecule has 18 heavy (non-hydrogen) atoms. The fourth-order valence-corrected chi connectivity index (χ4v) is 3.45. The fraction of sp³-hybridized carbons (Fsp3) is 0.462. The fourth-order valence-electron chi connectivity index (χ4n) is 2.95. The Balaban J connectivity index is 1.99. The van der Waals surface area contributed by atoms with Crippen LogP contribution >= 0.6 is 15.9 Å². The third kappa shape index (κ3) is 1.86. The van der Waals surface area contributed by atoms with Gasteiger partial charge >= 0.3 is 6.09 Å². The second-order valence-electron chi connectivity index (χ2n) is 4.85. The number of benzene rings is 1. The first kappa shape index (κ1) is 11.8. The Bertz CT molecular complexity index is 491. The van der Waals surface area contributed by atoms with Crippen LogP contribution in [0.3, 0.4) is 0 Å². The molecule has 1 amide bonds. The van der Waals surface area contributed by atoms with E-state index in [1.165, 1.54) is 4.90 Å². The van der Waals surface area contributed by atoms with Gasteiger partial charge in [0, 0.05) is 24.6 Å². The van der Waals surface area contributed by atoms with Crippen molar-refractivity contribution in [3.63, 3.8) is 0 Å². The van der Waals surface area contributed by atoms with E-state index < -0.39 is 6.09 Å². The highest BCUT2D eigenvalue weighted by atomic mass is 79.9. The van der Waals surface area contributed by atoms with Crippen LogP contribution in [0.1, 0.15) is 17.9 Å². The van der Waals surface area contributed by atoms with Crippen molar-refractivity contribution in [1.29, 1.82) is 0 Å². The van der Waals surface area contributed by atoms with Gasteiger partial charge in [-0.15, -0.1) is 0 Å². The number of carboxylic acid groups (broad SMARTS) is 1. The van der Waals surface area contributed by atoms with E-state index in [2.05, 4.69) is 22.0 Å². The van der Waals surface area contributed by atoms with Gasteiger partial charge in [0.15, 0.2) is 0 Å². The van der Waals surface area contributed by atoms with Crippen LogP contribution in [0, 0.1) is 5.92 Å². The molecule has 96 valence electrons. The number of amides is 1. The first-order chi connectivity index (χ1) is 8.66. The minimum Gasteiger partial charge on any atom is -0.492 e. The summed E-state index contributed by atoms with van der Waals surface area (Å²) in [6.45, 7) is 1.85. The molecule has 0 bridgehead atoms. The number of likely N-dealkylation sites (tertiary alicyclic amines) is 1. The molecule has 2 aliphatic heterocycles. The van der Waals surface area contributed by atoms with Crippen molar-refractivity contribution in [1.82, 2.24) is 4.90 Å². The number of carbonyl (C=O) groups is 1. The lowest BCUT2D eigenvalue weighted by molar-refractivity contribution is 0.152. The summed E-state index contributed by atoms with van der Waals surface area (Å²) in [7, 11) is 0. The molecule has 0 aliphatic carbocycles. The number of fused-ring (bicyclic) bond motifs is 3. The third-order valence-corrected chi connectivity index (χ3v) is 4.47. The molecule has 0 aromatic heterocycles. The van der Waals surface area contributed by atoms with Gasteiger partial charge in [-0.3, -0.25) is 0 Å². The van der Waals surface area contributed by atoms with Crippen molar-refractivity contribution in [3.8, 4) is 5.75 Å². The number of para-hydroxylation sites is 1. The summed E-state index contributed by atoms with van der Waals surface area (Å²) in [6, 6.07) is 6.00.